The van der Waals surface area contributed by atoms with Crippen molar-refractivity contribution >= 4 is 21.9 Å². The predicted octanol–water partition coefficient (Wildman–Crippen LogP) is 0.586. The van der Waals surface area contributed by atoms with Gasteiger partial charge in [-0.1, -0.05) is 15.9 Å². The number of hydrogen-bond acceptors (Lipinski definition) is 4. The first-order valence-corrected chi connectivity index (χ1v) is 4.42. The molecule has 0 aromatic heterocycles. The van der Waals surface area contributed by atoms with Crippen LogP contribution in [0.3, 0.4) is 0 Å². The fourth-order valence-electron chi connectivity index (χ4n) is 0.525. The second-order valence-electron chi connectivity index (χ2n) is 2.06. The lowest BCUT2D eigenvalue weighted by Gasteiger charge is -2.07. The number of ether oxygens (including phenoxy) is 3. The van der Waals surface area contributed by atoms with E-state index in [1.54, 1.807) is 7.11 Å². The largest absolute Gasteiger partial charge is 0.468 e. The van der Waals surface area contributed by atoms with Gasteiger partial charge in [0.15, 0.2) is 0 Å². The Hall–Kier alpha value is -0.130. The highest BCUT2D eigenvalue weighted by atomic mass is 79.9. The van der Waals surface area contributed by atoms with Crippen LogP contribution < -0.4 is 0 Å². The first-order valence-electron chi connectivity index (χ1n) is 3.51. The van der Waals surface area contributed by atoms with Gasteiger partial charge in [-0.3, -0.25) is 4.79 Å². The van der Waals surface area contributed by atoms with Gasteiger partial charge < -0.3 is 14.2 Å². The molecule has 0 spiro atoms. The molecule has 1 unspecified atom stereocenters. The Kier molecular flexibility index (Phi) is 7.43. The third kappa shape index (κ3) is 5.51. The van der Waals surface area contributed by atoms with Gasteiger partial charge in [0.05, 0.1) is 26.9 Å². The molecule has 72 valence electrons. The minimum atomic E-state index is -0.389. The van der Waals surface area contributed by atoms with Crippen molar-refractivity contribution < 1.29 is 19.0 Å². The van der Waals surface area contributed by atoms with Crippen LogP contribution in [0.2, 0.25) is 0 Å². The number of rotatable bonds is 6. The van der Waals surface area contributed by atoms with Crippen molar-refractivity contribution in [3.05, 3.63) is 0 Å². The zero-order chi connectivity index (χ0) is 9.40. The topological polar surface area (TPSA) is 44.8 Å². The number of halogens is 1. The molecule has 0 aromatic carbocycles. The molecule has 0 rings (SSSR count). The van der Waals surface area contributed by atoms with Crippen molar-refractivity contribution in [1.82, 2.24) is 0 Å². The van der Waals surface area contributed by atoms with Gasteiger partial charge in [-0.05, 0) is 0 Å². The summed E-state index contributed by atoms with van der Waals surface area (Å²) in [6.07, 6.45) is 0. The van der Waals surface area contributed by atoms with E-state index in [1.165, 1.54) is 7.11 Å². The minimum absolute atomic E-state index is 0.302. The first kappa shape index (κ1) is 11.9. The highest BCUT2D eigenvalue weighted by Gasteiger charge is 2.14. The molecular weight excluding hydrogens is 228 g/mol. The maximum absolute atomic E-state index is 10.8. The van der Waals surface area contributed by atoms with Crippen molar-refractivity contribution in [2.45, 2.75) is 4.83 Å². The van der Waals surface area contributed by atoms with Gasteiger partial charge >= 0.3 is 5.97 Å². The zero-order valence-corrected chi connectivity index (χ0v) is 8.80. The van der Waals surface area contributed by atoms with Crippen LogP contribution in [0.4, 0.5) is 0 Å². The van der Waals surface area contributed by atoms with Crippen LogP contribution in [-0.2, 0) is 19.0 Å². The Bertz CT molecular complexity index is 129. The van der Waals surface area contributed by atoms with E-state index < -0.39 is 0 Å². The molecule has 0 radical (unpaired) electrons. The summed E-state index contributed by atoms with van der Waals surface area (Å²) in [4.78, 5) is 10.4. The van der Waals surface area contributed by atoms with Crippen molar-refractivity contribution in [2.75, 3.05) is 34.0 Å². The van der Waals surface area contributed by atoms with Gasteiger partial charge in [-0.15, -0.1) is 0 Å². The third-order valence-electron chi connectivity index (χ3n) is 1.15. The second kappa shape index (κ2) is 7.52. The zero-order valence-electron chi connectivity index (χ0n) is 7.21. The number of carbonyl (C=O) groups excluding carboxylic acids is 1. The van der Waals surface area contributed by atoms with E-state index in [4.69, 9.17) is 9.47 Å². The molecule has 0 bridgehead atoms. The standard InChI is InChI=1S/C7H13BrO4/c1-10-3-4-12-5-6(8)7(9)11-2/h6H,3-5H2,1-2H3. The highest BCUT2D eigenvalue weighted by Crippen LogP contribution is 2.01. The summed E-state index contributed by atoms with van der Waals surface area (Å²) < 4.78 is 14.3. The predicted molar refractivity (Wildman–Crippen MR) is 47.4 cm³/mol. The van der Waals surface area contributed by atoms with E-state index in [0.717, 1.165) is 0 Å². The van der Waals surface area contributed by atoms with Crippen LogP contribution in [0.15, 0.2) is 0 Å². The Morgan fingerprint density at radius 2 is 2.08 bits per heavy atom. The summed E-state index contributed by atoms with van der Waals surface area (Å²) in [5.74, 6) is -0.326. The normalized spacial score (nSPS) is 12.6. The molecule has 0 aliphatic rings. The number of hydrogen-bond donors (Lipinski definition) is 0. The highest BCUT2D eigenvalue weighted by molar-refractivity contribution is 9.10. The maximum atomic E-state index is 10.8. The van der Waals surface area contributed by atoms with E-state index >= 15 is 0 Å². The molecule has 0 aliphatic carbocycles. The van der Waals surface area contributed by atoms with Crippen molar-refractivity contribution in [3.63, 3.8) is 0 Å². The van der Waals surface area contributed by atoms with Crippen LogP contribution in [0.25, 0.3) is 0 Å². The summed E-state index contributed by atoms with van der Waals surface area (Å²) in [5.41, 5.74) is 0. The summed E-state index contributed by atoms with van der Waals surface area (Å²) in [7, 11) is 2.93. The van der Waals surface area contributed by atoms with E-state index in [2.05, 4.69) is 20.7 Å². The molecule has 0 saturated heterocycles. The molecule has 0 aliphatic heterocycles. The van der Waals surface area contributed by atoms with Crippen molar-refractivity contribution in [3.8, 4) is 0 Å². The molecule has 0 aromatic rings. The molecule has 0 amide bonds. The molecular formula is C7H13BrO4. The van der Waals surface area contributed by atoms with Gasteiger partial charge in [-0.2, -0.15) is 0 Å². The molecule has 12 heavy (non-hydrogen) atoms. The SMILES string of the molecule is COCCOCC(Br)C(=O)OC. The minimum Gasteiger partial charge on any atom is -0.468 e. The van der Waals surface area contributed by atoms with Crippen LogP contribution in [0.1, 0.15) is 0 Å². The van der Waals surface area contributed by atoms with Crippen LogP contribution >= 0.6 is 15.9 Å². The fraction of sp³-hybridized carbons (Fsp3) is 0.857. The fourth-order valence-corrected chi connectivity index (χ4v) is 0.899. The van der Waals surface area contributed by atoms with Crippen LogP contribution in [0.5, 0.6) is 0 Å². The molecule has 5 heteroatoms. The Morgan fingerprint density at radius 1 is 1.42 bits per heavy atom. The number of esters is 1. The maximum Gasteiger partial charge on any atom is 0.321 e. The van der Waals surface area contributed by atoms with E-state index in [-0.39, 0.29) is 10.8 Å². The second-order valence-corrected chi connectivity index (χ2v) is 3.16. The lowest BCUT2D eigenvalue weighted by Crippen LogP contribution is -2.22. The molecule has 4 nitrogen and oxygen atoms in total. The van der Waals surface area contributed by atoms with Gasteiger partial charge in [0, 0.05) is 7.11 Å². The number of alkyl halides is 1. The molecule has 0 fully saturated rings. The Balaban J connectivity index is 3.31. The smallest absolute Gasteiger partial charge is 0.321 e. The molecule has 0 N–H and O–H groups in total. The molecule has 1 atom stereocenters. The van der Waals surface area contributed by atoms with Gasteiger partial charge in [0.2, 0.25) is 0 Å². The average Bonchev–Trinajstić information content (AvgIpc) is 2.10. The van der Waals surface area contributed by atoms with E-state index in [9.17, 15) is 4.79 Å². The Morgan fingerprint density at radius 3 is 2.58 bits per heavy atom. The van der Waals surface area contributed by atoms with E-state index in [0.29, 0.717) is 19.8 Å². The van der Waals surface area contributed by atoms with Gasteiger partial charge in [0.1, 0.15) is 4.83 Å². The lowest BCUT2D eigenvalue weighted by atomic mass is 10.5. The summed E-state index contributed by atoms with van der Waals surface area (Å²) in [5, 5.41) is 0. The average molecular weight is 241 g/mol. The first-order chi connectivity index (χ1) is 5.72. The Labute approximate surface area is 80.3 Å². The summed E-state index contributed by atoms with van der Waals surface area (Å²) >= 11 is 3.12. The number of methoxy groups -OCH3 is 2. The third-order valence-corrected chi connectivity index (χ3v) is 1.79. The molecule has 0 heterocycles. The monoisotopic (exact) mass is 240 g/mol. The van der Waals surface area contributed by atoms with Crippen LogP contribution in [-0.4, -0.2) is 44.8 Å². The quantitative estimate of drug-likeness (QED) is 0.388. The molecule has 0 saturated carbocycles. The van der Waals surface area contributed by atoms with Crippen molar-refractivity contribution in [2.24, 2.45) is 0 Å². The summed E-state index contributed by atoms with van der Waals surface area (Å²) in [6, 6.07) is 0. The van der Waals surface area contributed by atoms with Gasteiger partial charge in [0.25, 0.3) is 0 Å². The lowest BCUT2D eigenvalue weighted by molar-refractivity contribution is -0.140. The van der Waals surface area contributed by atoms with Crippen LogP contribution in [0, 0.1) is 0 Å². The van der Waals surface area contributed by atoms with Crippen molar-refractivity contribution in [1.29, 1.82) is 0 Å². The number of carbonyl (C=O) groups is 1. The summed E-state index contributed by atoms with van der Waals surface area (Å²) in [6.45, 7) is 1.31. The van der Waals surface area contributed by atoms with E-state index in [1.807, 2.05) is 0 Å². The van der Waals surface area contributed by atoms with Gasteiger partial charge in [-0.25, -0.2) is 0 Å².